The molecule has 0 saturated heterocycles. The first kappa shape index (κ1) is 16.2. The van der Waals surface area contributed by atoms with Gasteiger partial charge in [0, 0.05) is 35.1 Å². The molecule has 106 valence electrons. The van der Waals surface area contributed by atoms with Crippen molar-refractivity contribution in [3.63, 3.8) is 0 Å². The Morgan fingerprint density at radius 3 is 2.37 bits per heavy atom. The molecule has 0 N–H and O–H groups in total. The summed E-state index contributed by atoms with van der Waals surface area (Å²) in [7, 11) is 1.85. The standard InChI is InChI=1S/C16H25ClN2/c1-6-11(2)15(18-5)10-13(4)19-16(9-12(3)17)14-7-8-14/h9-11,14H,6-8H2,1-5H3/b12-9+,13-10+,18-15+,19-16+. The van der Waals surface area contributed by atoms with E-state index in [1.165, 1.54) is 12.8 Å². The van der Waals surface area contributed by atoms with E-state index in [1.54, 1.807) is 0 Å². The van der Waals surface area contributed by atoms with Crippen molar-refractivity contribution in [1.29, 1.82) is 0 Å². The zero-order chi connectivity index (χ0) is 14.4. The van der Waals surface area contributed by atoms with Crippen molar-refractivity contribution in [1.82, 2.24) is 0 Å². The second kappa shape index (κ2) is 7.64. The summed E-state index contributed by atoms with van der Waals surface area (Å²) in [6, 6.07) is 0. The van der Waals surface area contributed by atoms with Gasteiger partial charge in [-0.25, -0.2) is 0 Å². The van der Waals surface area contributed by atoms with Crippen LogP contribution in [0, 0.1) is 11.8 Å². The Kier molecular flexibility index (Phi) is 6.50. The molecule has 0 heterocycles. The van der Waals surface area contributed by atoms with Gasteiger partial charge in [-0.05, 0) is 51.2 Å². The smallest absolute Gasteiger partial charge is 0.0449 e. The lowest BCUT2D eigenvalue weighted by Crippen LogP contribution is -2.08. The van der Waals surface area contributed by atoms with Crippen LogP contribution in [0.25, 0.3) is 0 Å². The summed E-state index contributed by atoms with van der Waals surface area (Å²) in [5.74, 6) is 1.08. The Hall–Kier alpha value is -0.890. The predicted molar refractivity (Wildman–Crippen MR) is 86.3 cm³/mol. The number of hydrogen-bond donors (Lipinski definition) is 0. The molecule has 1 unspecified atom stereocenters. The summed E-state index contributed by atoms with van der Waals surface area (Å²) < 4.78 is 0. The molecule has 0 aromatic rings. The van der Waals surface area contributed by atoms with Crippen molar-refractivity contribution in [3.8, 4) is 0 Å². The van der Waals surface area contributed by atoms with Gasteiger partial charge >= 0.3 is 0 Å². The molecule has 0 radical (unpaired) electrons. The first-order valence-electron chi connectivity index (χ1n) is 7.05. The van der Waals surface area contributed by atoms with E-state index < -0.39 is 0 Å². The van der Waals surface area contributed by atoms with Gasteiger partial charge in [0.15, 0.2) is 0 Å². The minimum absolute atomic E-state index is 0.477. The van der Waals surface area contributed by atoms with Crippen LogP contribution >= 0.6 is 11.6 Å². The minimum atomic E-state index is 0.477. The molecule has 3 heteroatoms. The van der Waals surface area contributed by atoms with E-state index in [9.17, 15) is 0 Å². The molecule has 1 saturated carbocycles. The Balaban J connectivity index is 2.91. The summed E-state index contributed by atoms with van der Waals surface area (Å²) in [6.07, 6.45) is 7.63. The highest BCUT2D eigenvalue weighted by Gasteiger charge is 2.26. The molecular weight excluding hydrogens is 256 g/mol. The van der Waals surface area contributed by atoms with Crippen molar-refractivity contribution in [2.75, 3.05) is 7.05 Å². The second-order valence-electron chi connectivity index (χ2n) is 5.29. The molecule has 19 heavy (non-hydrogen) atoms. The largest absolute Gasteiger partial charge is 0.293 e. The monoisotopic (exact) mass is 280 g/mol. The molecular formula is C16H25ClN2. The summed E-state index contributed by atoms with van der Waals surface area (Å²) in [6.45, 7) is 8.31. The molecule has 0 amide bonds. The van der Waals surface area contributed by atoms with Gasteiger partial charge < -0.3 is 0 Å². The van der Waals surface area contributed by atoms with Gasteiger partial charge in [0.25, 0.3) is 0 Å². The predicted octanol–water partition coefficient (Wildman–Crippen LogP) is 5.00. The number of halogens is 1. The molecule has 0 aromatic carbocycles. The lowest BCUT2D eigenvalue weighted by Gasteiger charge is -2.09. The van der Waals surface area contributed by atoms with E-state index in [2.05, 4.69) is 24.9 Å². The maximum Gasteiger partial charge on any atom is 0.0449 e. The van der Waals surface area contributed by atoms with Crippen LogP contribution < -0.4 is 0 Å². The van der Waals surface area contributed by atoms with Gasteiger partial charge in [0.1, 0.15) is 0 Å². The number of nitrogens with zero attached hydrogens (tertiary/aromatic N) is 2. The Bertz CT molecular complexity index is 422. The highest BCUT2D eigenvalue weighted by atomic mass is 35.5. The van der Waals surface area contributed by atoms with E-state index in [1.807, 2.05) is 27.0 Å². The van der Waals surface area contributed by atoms with Crippen molar-refractivity contribution < 1.29 is 0 Å². The Labute approximate surface area is 122 Å². The van der Waals surface area contributed by atoms with E-state index in [4.69, 9.17) is 16.6 Å². The molecule has 1 rings (SSSR count). The van der Waals surface area contributed by atoms with Crippen LogP contribution in [0.5, 0.6) is 0 Å². The summed E-state index contributed by atoms with van der Waals surface area (Å²) in [5, 5.41) is 0.796. The van der Waals surface area contributed by atoms with Crippen LogP contribution in [0.15, 0.2) is 32.9 Å². The highest BCUT2D eigenvalue weighted by Crippen LogP contribution is 2.32. The van der Waals surface area contributed by atoms with Crippen molar-refractivity contribution in [3.05, 3.63) is 22.9 Å². The van der Waals surface area contributed by atoms with Crippen LogP contribution in [0.3, 0.4) is 0 Å². The van der Waals surface area contributed by atoms with Crippen LogP contribution in [0.1, 0.15) is 47.0 Å². The fraction of sp³-hybridized carbons (Fsp3) is 0.625. The first-order valence-corrected chi connectivity index (χ1v) is 7.43. The zero-order valence-electron chi connectivity index (χ0n) is 12.7. The van der Waals surface area contributed by atoms with Crippen LogP contribution in [0.4, 0.5) is 0 Å². The van der Waals surface area contributed by atoms with E-state index in [0.29, 0.717) is 11.8 Å². The third-order valence-corrected chi connectivity index (χ3v) is 3.49. The van der Waals surface area contributed by atoms with Crippen LogP contribution in [-0.2, 0) is 0 Å². The fourth-order valence-electron chi connectivity index (χ4n) is 1.91. The third-order valence-electron chi connectivity index (χ3n) is 3.38. The lowest BCUT2D eigenvalue weighted by molar-refractivity contribution is 0.740. The van der Waals surface area contributed by atoms with Crippen LogP contribution in [-0.4, -0.2) is 18.5 Å². The quantitative estimate of drug-likeness (QED) is 0.612. The highest BCUT2D eigenvalue weighted by molar-refractivity contribution is 6.31. The molecule has 2 nitrogen and oxygen atoms in total. The molecule has 1 aliphatic rings. The minimum Gasteiger partial charge on any atom is -0.293 e. The molecule has 1 fully saturated rings. The number of aliphatic imine (C=N–C) groups is 2. The van der Waals surface area contributed by atoms with Crippen molar-refractivity contribution in [2.24, 2.45) is 21.8 Å². The zero-order valence-corrected chi connectivity index (χ0v) is 13.5. The Morgan fingerprint density at radius 1 is 1.32 bits per heavy atom. The summed E-state index contributed by atoms with van der Waals surface area (Å²) in [5.41, 5.74) is 3.24. The third kappa shape index (κ3) is 5.73. The van der Waals surface area contributed by atoms with Gasteiger partial charge in [-0.3, -0.25) is 9.98 Å². The van der Waals surface area contributed by atoms with Gasteiger partial charge in [0.05, 0.1) is 0 Å². The second-order valence-corrected chi connectivity index (χ2v) is 5.88. The maximum absolute atomic E-state index is 5.97. The van der Waals surface area contributed by atoms with Gasteiger partial charge in [-0.2, -0.15) is 0 Å². The molecule has 0 spiro atoms. The number of rotatable bonds is 6. The fourth-order valence-corrected chi connectivity index (χ4v) is 2.02. The van der Waals surface area contributed by atoms with Gasteiger partial charge in [-0.15, -0.1) is 0 Å². The molecule has 0 aromatic heterocycles. The van der Waals surface area contributed by atoms with Gasteiger partial charge in [-0.1, -0.05) is 25.4 Å². The average Bonchev–Trinajstić information content (AvgIpc) is 3.17. The van der Waals surface area contributed by atoms with Crippen molar-refractivity contribution >= 4 is 23.0 Å². The van der Waals surface area contributed by atoms with Crippen molar-refractivity contribution in [2.45, 2.75) is 47.0 Å². The maximum atomic E-state index is 5.97. The SMILES string of the molecule is CCC(C)C(/C=C(C)/N=C(\C=C(/C)Cl)C1CC1)=N/C. The number of hydrogen-bond acceptors (Lipinski definition) is 2. The van der Waals surface area contributed by atoms with E-state index >= 15 is 0 Å². The van der Waals surface area contributed by atoms with E-state index in [-0.39, 0.29) is 0 Å². The normalized spacial score (nSPS) is 20.7. The Morgan fingerprint density at radius 2 is 1.95 bits per heavy atom. The van der Waals surface area contributed by atoms with Gasteiger partial charge in [0.2, 0.25) is 0 Å². The lowest BCUT2D eigenvalue weighted by atomic mass is 10.0. The molecule has 1 aliphatic carbocycles. The first-order chi connectivity index (χ1) is 8.97. The molecule has 0 aliphatic heterocycles. The summed E-state index contributed by atoms with van der Waals surface area (Å²) >= 11 is 5.97. The average molecular weight is 281 g/mol. The molecule has 0 bridgehead atoms. The van der Waals surface area contributed by atoms with Crippen LogP contribution in [0.2, 0.25) is 0 Å². The number of allylic oxidation sites excluding steroid dienone is 4. The topological polar surface area (TPSA) is 24.7 Å². The van der Waals surface area contributed by atoms with E-state index in [0.717, 1.165) is 28.6 Å². The summed E-state index contributed by atoms with van der Waals surface area (Å²) in [4.78, 5) is 9.08. The molecule has 1 atom stereocenters.